The Morgan fingerprint density at radius 3 is 2.81 bits per heavy atom. The van der Waals surface area contributed by atoms with Gasteiger partial charge in [-0.25, -0.2) is 9.59 Å². The Morgan fingerprint density at radius 2 is 2.19 bits per heavy atom. The third-order valence-corrected chi connectivity index (χ3v) is 1.80. The maximum absolute atomic E-state index is 11.3. The summed E-state index contributed by atoms with van der Waals surface area (Å²) < 4.78 is 0. The Morgan fingerprint density at radius 1 is 1.44 bits per heavy atom. The third kappa shape index (κ3) is 3.58. The molecule has 1 aromatic carbocycles. The molecule has 0 aliphatic carbocycles. The van der Waals surface area contributed by atoms with Gasteiger partial charge in [-0.2, -0.15) is 5.48 Å². The van der Waals surface area contributed by atoms with E-state index >= 15 is 0 Å². The van der Waals surface area contributed by atoms with Crippen molar-refractivity contribution in [3.8, 4) is 0 Å². The maximum Gasteiger partial charge on any atom is 0.404 e. The second kappa shape index (κ2) is 5.72. The van der Waals surface area contributed by atoms with E-state index in [9.17, 15) is 9.59 Å². The van der Waals surface area contributed by atoms with Crippen molar-refractivity contribution in [2.45, 2.75) is 6.54 Å². The Hall–Kier alpha value is -2.08. The van der Waals surface area contributed by atoms with Crippen molar-refractivity contribution in [2.24, 2.45) is 0 Å². The van der Waals surface area contributed by atoms with Crippen LogP contribution in [0.5, 0.6) is 0 Å². The standard InChI is InChI=1S/C10H12N2O4/c1-11-16-9(13)8-4-2-3-7(5-8)6-12-10(14)15/h2-5,11-12H,6H2,1H3,(H,14,15). The highest BCUT2D eigenvalue weighted by atomic mass is 16.7. The summed E-state index contributed by atoms with van der Waals surface area (Å²) in [6.07, 6.45) is -1.11. The van der Waals surface area contributed by atoms with Crippen LogP contribution in [0.4, 0.5) is 4.79 Å². The largest absolute Gasteiger partial charge is 0.465 e. The number of rotatable bonds is 4. The molecule has 0 radical (unpaired) electrons. The van der Waals surface area contributed by atoms with Gasteiger partial charge in [0.15, 0.2) is 0 Å². The van der Waals surface area contributed by atoms with E-state index in [-0.39, 0.29) is 6.54 Å². The topological polar surface area (TPSA) is 87.7 Å². The fourth-order valence-electron chi connectivity index (χ4n) is 1.14. The van der Waals surface area contributed by atoms with E-state index in [1.807, 2.05) is 0 Å². The van der Waals surface area contributed by atoms with Crippen LogP contribution in [0.3, 0.4) is 0 Å². The van der Waals surface area contributed by atoms with Crippen LogP contribution in [-0.2, 0) is 11.4 Å². The van der Waals surface area contributed by atoms with Gasteiger partial charge in [0.25, 0.3) is 0 Å². The van der Waals surface area contributed by atoms with Crippen LogP contribution in [0, 0.1) is 0 Å². The number of carbonyl (C=O) groups is 2. The molecule has 0 saturated carbocycles. The van der Waals surface area contributed by atoms with E-state index in [0.717, 1.165) is 0 Å². The molecule has 3 N–H and O–H groups in total. The lowest BCUT2D eigenvalue weighted by molar-refractivity contribution is 0.0310. The lowest BCUT2D eigenvalue weighted by Gasteiger charge is -2.04. The number of hydroxylamine groups is 1. The van der Waals surface area contributed by atoms with Crippen LogP contribution in [0.15, 0.2) is 24.3 Å². The average molecular weight is 224 g/mol. The summed E-state index contributed by atoms with van der Waals surface area (Å²) in [7, 11) is 1.48. The van der Waals surface area contributed by atoms with Crippen molar-refractivity contribution < 1.29 is 19.5 Å². The molecule has 0 aliphatic heterocycles. The number of hydrogen-bond acceptors (Lipinski definition) is 4. The Bertz CT molecular complexity index is 392. The summed E-state index contributed by atoms with van der Waals surface area (Å²) in [5, 5.41) is 10.6. The number of carbonyl (C=O) groups excluding carboxylic acids is 1. The van der Waals surface area contributed by atoms with E-state index in [4.69, 9.17) is 5.11 Å². The first kappa shape index (κ1) is 12.0. The smallest absolute Gasteiger partial charge is 0.404 e. The fourth-order valence-corrected chi connectivity index (χ4v) is 1.14. The zero-order chi connectivity index (χ0) is 12.0. The van der Waals surface area contributed by atoms with Gasteiger partial charge in [0.05, 0.1) is 5.56 Å². The van der Waals surface area contributed by atoms with Crippen LogP contribution in [0.1, 0.15) is 15.9 Å². The van der Waals surface area contributed by atoms with E-state index < -0.39 is 12.1 Å². The van der Waals surface area contributed by atoms with E-state index in [1.54, 1.807) is 24.3 Å². The fraction of sp³-hybridized carbons (Fsp3) is 0.200. The van der Waals surface area contributed by atoms with Gasteiger partial charge in [-0.1, -0.05) is 12.1 Å². The van der Waals surface area contributed by atoms with Crippen LogP contribution in [0.25, 0.3) is 0 Å². The van der Waals surface area contributed by atoms with Gasteiger partial charge >= 0.3 is 12.1 Å². The van der Waals surface area contributed by atoms with Crippen molar-refractivity contribution in [1.82, 2.24) is 10.8 Å². The monoisotopic (exact) mass is 224 g/mol. The first-order valence-corrected chi connectivity index (χ1v) is 4.57. The molecule has 1 rings (SSSR count). The molecule has 0 heterocycles. The summed E-state index contributed by atoms with van der Waals surface area (Å²) in [5.41, 5.74) is 3.32. The third-order valence-electron chi connectivity index (χ3n) is 1.80. The van der Waals surface area contributed by atoms with Crippen molar-refractivity contribution >= 4 is 12.1 Å². The Labute approximate surface area is 92.2 Å². The summed E-state index contributed by atoms with van der Waals surface area (Å²) in [5.74, 6) is -0.514. The van der Waals surface area contributed by atoms with Crippen LogP contribution in [0.2, 0.25) is 0 Å². The number of hydrogen-bond donors (Lipinski definition) is 3. The minimum absolute atomic E-state index is 0.149. The Balaban J connectivity index is 2.70. The van der Waals surface area contributed by atoms with E-state index in [2.05, 4.69) is 15.6 Å². The first-order valence-electron chi connectivity index (χ1n) is 4.57. The molecule has 16 heavy (non-hydrogen) atoms. The van der Waals surface area contributed by atoms with Crippen LogP contribution in [-0.4, -0.2) is 24.2 Å². The average Bonchev–Trinajstić information content (AvgIpc) is 2.27. The van der Waals surface area contributed by atoms with Crippen molar-refractivity contribution in [2.75, 3.05) is 7.05 Å². The lowest BCUT2D eigenvalue weighted by atomic mass is 10.1. The molecule has 1 amide bonds. The molecular formula is C10H12N2O4. The number of benzene rings is 1. The highest BCUT2D eigenvalue weighted by molar-refractivity contribution is 5.89. The van der Waals surface area contributed by atoms with Gasteiger partial charge < -0.3 is 15.3 Å². The van der Waals surface area contributed by atoms with E-state index in [0.29, 0.717) is 11.1 Å². The second-order valence-corrected chi connectivity index (χ2v) is 2.95. The number of amides is 1. The van der Waals surface area contributed by atoms with Gasteiger partial charge in [0.1, 0.15) is 0 Å². The maximum atomic E-state index is 11.3. The van der Waals surface area contributed by atoms with Crippen LogP contribution < -0.4 is 10.8 Å². The highest BCUT2D eigenvalue weighted by Gasteiger charge is 2.07. The summed E-state index contributed by atoms with van der Waals surface area (Å²) >= 11 is 0. The molecule has 86 valence electrons. The first-order chi connectivity index (χ1) is 7.63. The van der Waals surface area contributed by atoms with Gasteiger partial charge in [-0.05, 0) is 17.7 Å². The van der Waals surface area contributed by atoms with Crippen molar-refractivity contribution in [3.63, 3.8) is 0 Å². The number of carboxylic acid groups (broad SMARTS) is 1. The molecule has 6 heteroatoms. The van der Waals surface area contributed by atoms with Gasteiger partial charge in [-0.3, -0.25) is 0 Å². The molecule has 0 unspecified atom stereocenters. The normalized spacial score (nSPS) is 9.56. The SMILES string of the molecule is CNOC(=O)c1cccc(CNC(=O)O)c1. The zero-order valence-corrected chi connectivity index (χ0v) is 8.69. The molecule has 1 aromatic rings. The molecule has 0 atom stereocenters. The molecule has 0 spiro atoms. The molecule has 0 saturated heterocycles. The van der Waals surface area contributed by atoms with E-state index in [1.165, 1.54) is 7.05 Å². The molecule has 6 nitrogen and oxygen atoms in total. The van der Waals surface area contributed by atoms with Gasteiger partial charge in [-0.15, -0.1) is 0 Å². The predicted molar refractivity (Wildman–Crippen MR) is 55.8 cm³/mol. The lowest BCUT2D eigenvalue weighted by Crippen LogP contribution is -2.20. The number of nitrogens with one attached hydrogen (secondary N) is 2. The van der Waals surface area contributed by atoms with Crippen molar-refractivity contribution in [1.29, 1.82) is 0 Å². The van der Waals surface area contributed by atoms with Gasteiger partial charge in [0, 0.05) is 13.6 Å². The summed E-state index contributed by atoms with van der Waals surface area (Å²) in [4.78, 5) is 26.2. The summed E-state index contributed by atoms with van der Waals surface area (Å²) in [6, 6.07) is 6.52. The minimum atomic E-state index is -1.11. The molecule has 0 aromatic heterocycles. The summed E-state index contributed by atoms with van der Waals surface area (Å²) in [6.45, 7) is 0.149. The van der Waals surface area contributed by atoms with Crippen molar-refractivity contribution in [3.05, 3.63) is 35.4 Å². The molecular weight excluding hydrogens is 212 g/mol. The molecule has 0 fully saturated rings. The quantitative estimate of drug-likeness (QED) is 0.657. The molecule has 0 bridgehead atoms. The zero-order valence-electron chi connectivity index (χ0n) is 8.69. The van der Waals surface area contributed by atoms with Crippen LogP contribution >= 0.6 is 0 Å². The molecule has 0 aliphatic rings. The van der Waals surface area contributed by atoms with Gasteiger partial charge in [0.2, 0.25) is 0 Å². The Kier molecular flexibility index (Phi) is 4.28. The second-order valence-electron chi connectivity index (χ2n) is 2.95. The minimum Gasteiger partial charge on any atom is -0.465 e. The highest BCUT2D eigenvalue weighted by Crippen LogP contribution is 2.06. The predicted octanol–water partition coefficient (Wildman–Crippen LogP) is 0.745.